The lowest BCUT2D eigenvalue weighted by atomic mass is 9.97. The summed E-state index contributed by atoms with van der Waals surface area (Å²) in [5.41, 5.74) is 0. The van der Waals surface area contributed by atoms with Gasteiger partial charge in [0, 0.05) is 5.39 Å². The summed E-state index contributed by atoms with van der Waals surface area (Å²) in [6, 6.07) is 65.9. The van der Waals surface area contributed by atoms with Crippen LogP contribution in [0.25, 0.3) is 32.3 Å². The van der Waals surface area contributed by atoms with Crippen LogP contribution in [0, 0.1) is 0 Å². The summed E-state index contributed by atoms with van der Waals surface area (Å²) in [5.74, 6) is 0.466. The van der Waals surface area contributed by atoms with Gasteiger partial charge in [0.25, 0.3) is 0 Å². The summed E-state index contributed by atoms with van der Waals surface area (Å²) in [5, 5.41) is 30.2. The minimum atomic E-state index is -1.91. The van der Waals surface area contributed by atoms with Crippen LogP contribution in [-0.4, -0.2) is 17.4 Å². The number of hydrogen-bond acceptors (Lipinski definition) is 3. The molecule has 8 rings (SSSR count). The van der Waals surface area contributed by atoms with Crippen molar-refractivity contribution in [2.24, 2.45) is 0 Å². The lowest BCUT2D eigenvalue weighted by molar-refractivity contribution is 0.289. The molecule has 0 fully saturated rings. The third-order valence-electron chi connectivity index (χ3n) is 8.49. The Labute approximate surface area is 275 Å². The van der Waals surface area contributed by atoms with Crippen LogP contribution in [0.15, 0.2) is 188 Å². The molecule has 47 heavy (non-hydrogen) atoms. The van der Waals surface area contributed by atoms with E-state index in [0.29, 0.717) is 5.75 Å². The number of benzene rings is 8. The summed E-state index contributed by atoms with van der Waals surface area (Å²) in [4.78, 5) is 0. The first-order valence-corrected chi connectivity index (χ1v) is 17.4. The summed E-state index contributed by atoms with van der Waals surface area (Å²) in [6.07, 6.45) is 0. The van der Waals surface area contributed by atoms with Crippen molar-refractivity contribution < 1.29 is 14.7 Å². The largest absolute Gasteiger partial charge is 0.707 e. The number of rotatable bonds is 6. The lowest BCUT2D eigenvalue weighted by Gasteiger charge is -2.27. The Kier molecular flexibility index (Phi) is 8.82. The van der Waals surface area contributed by atoms with Gasteiger partial charge in [-0.2, -0.15) is 0 Å². The average Bonchev–Trinajstić information content (AvgIpc) is 3.13. The first-order chi connectivity index (χ1) is 23.1. The Hall–Kier alpha value is -5.25. The molecule has 3 nitrogen and oxygen atoms in total. The molecular formula is C42H33BO3P+. The first-order valence-electron chi connectivity index (χ1n) is 15.6. The summed E-state index contributed by atoms with van der Waals surface area (Å²) in [6.45, 7) is 0. The zero-order valence-corrected chi connectivity index (χ0v) is 26.6. The molecule has 0 aromatic heterocycles. The van der Waals surface area contributed by atoms with Gasteiger partial charge in [-0.05, 0) is 93.7 Å². The van der Waals surface area contributed by atoms with Crippen molar-refractivity contribution >= 4 is 68.1 Å². The van der Waals surface area contributed by atoms with Gasteiger partial charge in [0.2, 0.25) is 0 Å². The molecule has 5 heteroatoms. The third-order valence-corrected chi connectivity index (χ3v) is 12.8. The highest BCUT2D eigenvalue weighted by atomic mass is 31.2. The minimum absolute atomic E-state index is 0.466. The fourth-order valence-electron chi connectivity index (χ4n) is 6.48. The molecule has 2 N–H and O–H groups in total. The highest BCUT2D eigenvalue weighted by molar-refractivity contribution is 8.01. The van der Waals surface area contributed by atoms with Crippen molar-refractivity contribution in [3.8, 4) is 5.75 Å². The molecule has 8 aromatic carbocycles. The normalized spacial score (nSPS) is 11.2. The van der Waals surface area contributed by atoms with Crippen molar-refractivity contribution in [2.45, 2.75) is 0 Å². The molecule has 0 aliphatic rings. The first kappa shape index (κ1) is 30.4. The molecular weight excluding hydrogens is 594 g/mol. The van der Waals surface area contributed by atoms with E-state index in [2.05, 4.69) is 152 Å². The van der Waals surface area contributed by atoms with Gasteiger partial charge in [-0.3, -0.25) is 0 Å². The minimum Gasteiger partial charge on any atom is -0.511 e. The van der Waals surface area contributed by atoms with Crippen LogP contribution in [0.1, 0.15) is 0 Å². The average molecular weight is 628 g/mol. The third kappa shape index (κ3) is 6.03. The fraction of sp³-hybridized carbons (Fsp3) is 0. The monoisotopic (exact) mass is 627 g/mol. The van der Waals surface area contributed by atoms with Crippen molar-refractivity contribution in [1.82, 2.24) is 0 Å². The molecule has 0 unspecified atom stereocenters. The maximum Gasteiger partial charge on any atom is 0.707 e. The van der Waals surface area contributed by atoms with Crippen molar-refractivity contribution in [3.63, 3.8) is 0 Å². The second-order valence-corrected chi connectivity index (χ2v) is 14.7. The molecule has 226 valence electrons. The van der Waals surface area contributed by atoms with Gasteiger partial charge in [-0.15, -0.1) is 0 Å². The molecule has 0 atom stereocenters. The Morgan fingerprint density at radius 1 is 0.383 bits per heavy atom. The predicted molar refractivity (Wildman–Crippen MR) is 201 cm³/mol. The Morgan fingerprint density at radius 3 is 1.26 bits per heavy atom. The van der Waals surface area contributed by atoms with E-state index in [0.717, 1.165) is 26.9 Å². The van der Waals surface area contributed by atoms with Crippen LogP contribution in [-0.2, 0) is 0 Å². The van der Waals surface area contributed by atoms with Gasteiger partial charge in [-0.25, -0.2) is 0 Å². The van der Waals surface area contributed by atoms with E-state index < -0.39 is 14.6 Å². The number of hydrogen-bond donors (Lipinski definition) is 2. The zero-order chi connectivity index (χ0) is 32.1. The summed E-state index contributed by atoms with van der Waals surface area (Å²) < 4.78 is 5.16. The maximum absolute atomic E-state index is 9.14. The van der Waals surface area contributed by atoms with Gasteiger partial charge in [0.1, 0.15) is 34.2 Å². The predicted octanol–water partition coefficient (Wildman–Crippen LogP) is 7.80. The van der Waals surface area contributed by atoms with Gasteiger partial charge in [0.15, 0.2) is 0 Å². The van der Waals surface area contributed by atoms with E-state index >= 15 is 0 Å². The van der Waals surface area contributed by atoms with Gasteiger partial charge < -0.3 is 14.7 Å². The van der Waals surface area contributed by atoms with E-state index in [1.54, 1.807) is 6.07 Å². The van der Waals surface area contributed by atoms with Crippen LogP contribution in [0.2, 0.25) is 0 Å². The van der Waals surface area contributed by atoms with E-state index in [9.17, 15) is 0 Å². The van der Waals surface area contributed by atoms with Crippen molar-refractivity contribution in [1.29, 1.82) is 0 Å². The highest BCUT2D eigenvalue weighted by Gasteiger charge is 2.47. The SMILES string of the molecule is OB(O)Oc1cccc2ccc3cc4ccccc4cc3c12.c1ccc([P+](c2ccccc2)(c2ccccc2)c2ccccc2)cc1. The lowest BCUT2D eigenvalue weighted by Crippen LogP contribution is -2.38. The second kappa shape index (κ2) is 13.6. The Morgan fingerprint density at radius 2 is 0.787 bits per heavy atom. The van der Waals surface area contributed by atoms with Crippen molar-refractivity contribution in [2.75, 3.05) is 0 Å². The maximum atomic E-state index is 9.14. The summed E-state index contributed by atoms with van der Waals surface area (Å²) in [7, 11) is -3.74. The quantitative estimate of drug-likeness (QED) is 0.0857. The number of fused-ring (bicyclic) bond motifs is 4. The smallest absolute Gasteiger partial charge is 0.511 e. The van der Waals surface area contributed by atoms with Gasteiger partial charge in [-0.1, -0.05) is 121 Å². The van der Waals surface area contributed by atoms with E-state index in [1.165, 1.54) is 26.6 Å². The Balaban J connectivity index is 0.000000151. The molecule has 0 radical (unpaired) electrons. The zero-order valence-electron chi connectivity index (χ0n) is 25.7. The topological polar surface area (TPSA) is 49.7 Å². The molecule has 0 saturated heterocycles. The van der Waals surface area contributed by atoms with Gasteiger partial charge in [0.05, 0.1) is 0 Å². The van der Waals surface area contributed by atoms with E-state index in [-0.39, 0.29) is 0 Å². The van der Waals surface area contributed by atoms with Crippen molar-refractivity contribution in [3.05, 3.63) is 188 Å². The molecule has 8 aromatic rings. The van der Waals surface area contributed by atoms with Crippen LogP contribution >= 0.6 is 7.26 Å². The van der Waals surface area contributed by atoms with Crippen LogP contribution < -0.4 is 25.9 Å². The molecule has 0 amide bonds. The molecule has 0 saturated carbocycles. The van der Waals surface area contributed by atoms with Crippen LogP contribution in [0.3, 0.4) is 0 Å². The fourth-order valence-corrected chi connectivity index (χ4v) is 10.7. The van der Waals surface area contributed by atoms with Gasteiger partial charge >= 0.3 is 7.32 Å². The molecule has 0 aliphatic carbocycles. The highest BCUT2D eigenvalue weighted by Crippen LogP contribution is 2.54. The summed E-state index contributed by atoms with van der Waals surface area (Å²) >= 11 is 0. The van der Waals surface area contributed by atoms with E-state index in [4.69, 9.17) is 14.7 Å². The molecule has 0 heterocycles. The van der Waals surface area contributed by atoms with Crippen LogP contribution in [0.5, 0.6) is 5.75 Å². The standard InChI is InChI=1S/C24H20P.C18H13BO3/c1-5-13-21(14-6-1)25(22-15-7-2-8-16-22,23-17-9-3-10-18-23)24-19-11-4-12-20-24;20-19(21)22-17-7-3-6-12-8-9-15-10-13-4-1-2-5-14(13)11-16(15)18(12)17/h1-20H;1-11,20-21H/q+1;. The second-order valence-electron chi connectivity index (χ2n) is 11.3. The molecule has 0 aliphatic heterocycles. The Bertz CT molecular complexity index is 2080. The molecule has 0 spiro atoms. The van der Waals surface area contributed by atoms with E-state index in [1.807, 2.05) is 30.3 Å². The molecule has 0 bridgehead atoms. The van der Waals surface area contributed by atoms with Crippen LogP contribution in [0.4, 0.5) is 0 Å².